The van der Waals surface area contributed by atoms with Gasteiger partial charge in [0.15, 0.2) is 0 Å². The van der Waals surface area contributed by atoms with Crippen molar-refractivity contribution in [3.8, 4) is 0 Å². The number of hydrogen-bond acceptors (Lipinski definition) is 3. The van der Waals surface area contributed by atoms with Crippen LogP contribution in [0.15, 0.2) is 29.1 Å². The molecular formula is C15H16ClN3O. The van der Waals surface area contributed by atoms with Gasteiger partial charge in [0.1, 0.15) is 5.82 Å². The van der Waals surface area contributed by atoms with E-state index in [4.69, 9.17) is 11.6 Å². The van der Waals surface area contributed by atoms with Gasteiger partial charge >= 0.3 is 0 Å². The maximum absolute atomic E-state index is 12.0. The van der Waals surface area contributed by atoms with Crippen LogP contribution in [0.2, 0.25) is 5.02 Å². The number of halogens is 1. The van der Waals surface area contributed by atoms with E-state index in [9.17, 15) is 4.79 Å². The van der Waals surface area contributed by atoms with Crippen LogP contribution in [-0.4, -0.2) is 21.4 Å². The van der Waals surface area contributed by atoms with Gasteiger partial charge in [-0.3, -0.25) is 9.69 Å². The molecule has 0 unspecified atom stereocenters. The van der Waals surface area contributed by atoms with Gasteiger partial charge in [0.05, 0.1) is 11.3 Å². The van der Waals surface area contributed by atoms with E-state index >= 15 is 0 Å². The molecule has 2 heterocycles. The quantitative estimate of drug-likeness (QED) is 0.923. The van der Waals surface area contributed by atoms with Gasteiger partial charge in [-0.15, -0.1) is 0 Å². The van der Waals surface area contributed by atoms with E-state index < -0.39 is 0 Å². The van der Waals surface area contributed by atoms with Gasteiger partial charge in [-0.05, 0) is 24.6 Å². The highest BCUT2D eigenvalue weighted by atomic mass is 35.5. The summed E-state index contributed by atoms with van der Waals surface area (Å²) < 4.78 is 0. The molecule has 0 radical (unpaired) electrons. The largest absolute Gasteiger partial charge is 0.310 e. The van der Waals surface area contributed by atoms with E-state index in [-0.39, 0.29) is 5.56 Å². The summed E-state index contributed by atoms with van der Waals surface area (Å²) in [6.45, 7) is 4.17. The van der Waals surface area contributed by atoms with E-state index in [0.29, 0.717) is 12.4 Å². The molecule has 0 fully saturated rings. The normalized spacial score (nSPS) is 15.1. The van der Waals surface area contributed by atoms with Crippen molar-refractivity contribution >= 4 is 11.6 Å². The topological polar surface area (TPSA) is 49.0 Å². The van der Waals surface area contributed by atoms with Crippen molar-refractivity contribution in [1.82, 2.24) is 14.9 Å². The smallest absolute Gasteiger partial charge is 0.255 e. The van der Waals surface area contributed by atoms with Gasteiger partial charge in [-0.1, -0.05) is 23.7 Å². The van der Waals surface area contributed by atoms with Crippen LogP contribution < -0.4 is 5.56 Å². The van der Waals surface area contributed by atoms with E-state index in [1.165, 1.54) is 0 Å². The third-order valence-corrected chi connectivity index (χ3v) is 3.80. The number of nitrogens with one attached hydrogen (secondary N) is 1. The molecular weight excluding hydrogens is 274 g/mol. The SMILES string of the molecule is Cc1nc2c(c(=O)[nH]1)CN(Cc1cccc(Cl)c1)CC2. The predicted octanol–water partition coefficient (Wildman–Crippen LogP) is 2.29. The summed E-state index contributed by atoms with van der Waals surface area (Å²) in [5.41, 5.74) is 2.89. The zero-order valence-corrected chi connectivity index (χ0v) is 12.1. The summed E-state index contributed by atoms with van der Waals surface area (Å²) in [7, 11) is 0. The Kier molecular flexibility index (Phi) is 3.59. The molecule has 0 saturated heterocycles. The van der Waals surface area contributed by atoms with Gasteiger partial charge in [-0.25, -0.2) is 4.98 Å². The zero-order chi connectivity index (χ0) is 14.1. The van der Waals surface area contributed by atoms with Crippen LogP contribution in [0.3, 0.4) is 0 Å². The monoisotopic (exact) mass is 289 g/mol. The van der Waals surface area contributed by atoms with Crippen molar-refractivity contribution in [2.75, 3.05) is 6.54 Å². The standard InChI is InChI=1S/C15H16ClN3O/c1-10-17-14-5-6-19(9-13(14)15(20)18-10)8-11-3-2-4-12(16)7-11/h2-4,7H,5-6,8-9H2,1H3,(H,17,18,20). The van der Waals surface area contributed by atoms with E-state index in [2.05, 4.69) is 20.9 Å². The lowest BCUT2D eigenvalue weighted by atomic mass is 10.1. The van der Waals surface area contributed by atoms with Crippen LogP contribution in [0.4, 0.5) is 0 Å². The molecule has 2 aromatic rings. The minimum Gasteiger partial charge on any atom is -0.310 e. The Morgan fingerprint density at radius 3 is 3.10 bits per heavy atom. The number of aryl methyl sites for hydroxylation is 1. The van der Waals surface area contributed by atoms with E-state index in [0.717, 1.165) is 41.4 Å². The van der Waals surface area contributed by atoms with Crippen LogP contribution in [0.5, 0.6) is 0 Å². The number of benzene rings is 1. The van der Waals surface area contributed by atoms with Crippen molar-refractivity contribution in [3.63, 3.8) is 0 Å². The second kappa shape index (κ2) is 5.38. The molecule has 0 amide bonds. The van der Waals surface area contributed by atoms with Crippen LogP contribution in [-0.2, 0) is 19.5 Å². The maximum Gasteiger partial charge on any atom is 0.255 e. The third-order valence-electron chi connectivity index (χ3n) is 3.56. The Hall–Kier alpha value is -1.65. The summed E-state index contributed by atoms with van der Waals surface area (Å²) in [6.07, 6.45) is 0.820. The molecule has 0 spiro atoms. The van der Waals surface area contributed by atoms with Crippen LogP contribution >= 0.6 is 11.6 Å². The fourth-order valence-electron chi connectivity index (χ4n) is 2.63. The number of aromatic amines is 1. The van der Waals surface area contributed by atoms with Crippen LogP contribution in [0, 0.1) is 6.92 Å². The Bertz CT molecular complexity index is 696. The number of hydrogen-bond donors (Lipinski definition) is 1. The molecule has 0 saturated carbocycles. The number of fused-ring (bicyclic) bond motifs is 1. The first kappa shape index (κ1) is 13.3. The summed E-state index contributed by atoms with van der Waals surface area (Å²) >= 11 is 6.00. The Morgan fingerprint density at radius 2 is 2.30 bits per heavy atom. The molecule has 0 bridgehead atoms. The average molecular weight is 290 g/mol. The van der Waals surface area contributed by atoms with Gasteiger partial charge in [0.25, 0.3) is 5.56 Å². The Balaban J connectivity index is 1.81. The highest BCUT2D eigenvalue weighted by molar-refractivity contribution is 6.30. The number of rotatable bonds is 2. The molecule has 1 aromatic heterocycles. The first-order valence-electron chi connectivity index (χ1n) is 6.67. The summed E-state index contributed by atoms with van der Waals surface area (Å²) in [5.74, 6) is 0.692. The predicted molar refractivity (Wildman–Crippen MR) is 78.9 cm³/mol. The Morgan fingerprint density at radius 1 is 1.45 bits per heavy atom. The van der Waals surface area contributed by atoms with Crippen LogP contribution in [0.1, 0.15) is 22.6 Å². The molecule has 1 N–H and O–H groups in total. The van der Waals surface area contributed by atoms with Crippen molar-refractivity contribution in [2.45, 2.75) is 26.4 Å². The van der Waals surface area contributed by atoms with E-state index in [1.807, 2.05) is 25.1 Å². The molecule has 5 heteroatoms. The average Bonchev–Trinajstić information content (AvgIpc) is 2.39. The molecule has 104 valence electrons. The van der Waals surface area contributed by atoms with Crippen molar-refractivity contribution in [2.24, 2.45) is 0 Å². The summed E-state index contributed by atoms with van der Waals surface area (Å²) in [6, 6.07) is 7.84. The van der Waals surface area contributed by atoms with Crippen molar-refractivity contribution in [1.29, 1.82) is 0 Å². The first-order valence-corrected chi connectivity index (χ1v) is 7.05. The lowest BCUT2D eigenvalue weighted by molar-refractivity contribution is 0.241. The molecule has 0 atom stereocenters. The first-order chi connectivity index (χ1) is 9.61. The lowest BCUT2D eigenvalue weighted by Gasteiger charge is -2.27. The van der Waals surface area contributed by atoms with Gasteiger partial charge in [0, 0.05) is 31.1 Å². The second-order valence-corrected chi connectivity index (χ2v) is 5.60. The second-order valence-electron chi connectivity index (χ2n) is 5.17. The van der Waals surface area contributed by atoms with Crippen molar-refractivity contribution < 1.29 is 0 Å². The van der Waals surface area contributed by atoms with Gasteiger partial charge in [-0.2, -0.15) is 0 Å². The molecule has 0 aliphatic carbocycles. The lowest BCUT2D eigenvalue weighted by Crippen LogP contribution is -2.35. The van der Waals surface area contributed by atoms with Crippen molar-refractivity contribution in [3.05, 3.63) is 62.3 Å². The third kappa shape index (κ3) is 2.76. The zero-order valence-electron chi connectivity index (χ0n) is 11.3. The van der Waals surface area contributed by atoms with Gasteiger partial charge in [0.2, 0.25) is 0 Å². The number of nitrogens with zero attached hydrogens (tertiary/aromatic N) is 2. The molecule has 1 aliphatic heterocycles. The highest BCUT2D eigenvalue weighted by Gasteiger charge is 2.20. The molecule has 1 aromatic carbocycles. The minimum absolute atomic E-state index is 0.0108. The van der Waals surface area contributed by atoms with Crippen LogP contribution in [0.25, 0.3) is 0 Å². The fraction of sp³-hybridized carbons (Fsp3) is 0.333. The molecule has 20 heavy (non-hydrogen) atoms. The molecule has 1 aliphatic rings. The highest BCUT2D eigenvalue weighted by Crippen LogP contribution is 2.18. The summed E-state index contributed by atoms with van der Waals surface area (Å²) in [4.78, 5) is 21.4. The summed E-state index contributed by atoms with van der Waals surface area (Å²) in [5, 5.41) is 0.745. The molecule has 3 rings (SSSR count). The maximum atomic E-state index is 12.0. The number of H-pyrrole nitrogens is 1. The number of aromatic nitrogens is 2. The Labute approximate surface area is 122 Å². The van der Waals surface area contributed by atoms with E-state index in [1.54, 1.807) is 0 Å². The van der Waals surface area contributed by atoms with Gasteiger partial charge < -0.3 is 4.98 Å². The minimum atomic E-state index is -0.0108. The fourth-order valence-corrected chi connectivity index (χ4v) is 2.85. The molecule has 4 nitrogen and oxygen atoms in total.